The van der Waals surface area contributed by atoms with Crippen LogP contribution in [0.2, 0.25) is 0 Å². The van der Waals surface area contributed by atoms with Gasteiger partial charge in [-0.3, -0.25) is 11.7 Å². The second-order valence-electron chi connectivity index (χ2n) is 2.37. The molecular weight excluding hydrogens is 107 g/mol. The smallest absolute Gasteiger partial charge is 0.0235 e. The van der Waals surface area contributed by atoms with Crippen LogP contribution in [0.4, 0.5) is 0 Å². The van der Waals surface area contributed by atoms with Crippen LogP contribution >= 0.6 is 9.24 Å². The zero-order valence-corrected chi connectivity index (χ0v) is 6.39. The van der Waals surface area contributed by atoms with Crippen molar-refractivity contribution >= 4 is 9.24 Å². The van der Waals surface area contributed by atoms with Gasteiger partial charge >= 0.3 is 0 Å². The monoisotopic (exact) mass is 122 g/mol. The summed E-state index contributed by atoms with van der Waals surface area (Å²) in [6, 6.07) is 0. The first-order valence-corrected chi connectivity index (χ1v) is 2.70. The molecule has 0 aliphatic carbocycles. The second kappa shape index (κ2) is 4.51. The van der Waals surface area contributed by atoms with Crippen molar-refractivity contribution in [2.24, 2.45) is 11.7 Å². The van der Waals surface area contributed by atoms with Crippen molar-refractivity contribution in [2.45, 2.75) is 25.9 Å². The van der Waals surface area contributed by atoms with E-state index in [0.29, 0.717) is 5.16 Å². The molecule has 0 aliphatic heterocycles. The summed E-state index contributed by atoms with van der Waals surface area (Å²) in [6.07, 6.45) is 0. The van der Waals surface area contributed by atoms with Gasteiger partial charge in [-0.2, -0.15) is 0 Å². The topological polar surface area (TPSA) is 52.0 Å². The maximum atomic E-state index is 4.00. The summed E-state index contributed by atoms with van der Waals surface area (Å²) in [5, 5.41) is 0.417. The molecule has 0 spiro atoms. The third kappa shape index (κ3) is 981. The summed E-state index contributed by atoms with van der Waals surface area (Å²) in [5.74, 6) is 8.00. The highest BCUT2D eigenvalue weighted by Crippen LogP contribution is 2.12. The van der Waals surface area contributed by atoms with E-state index >= 15 is 0 Å². The number of rotatable bonds is 0. The molecule has 0 aliphatic rings. The van der Waals surface area contributed by atoms with Crippen LogP contribution in [0.5, 0.6) is 0 Å². The van der Waals surface area contributed by atoms with Crippen LogP contribution in [0.3, 0.4) is 0 Å². The number of hydrogen-bond acceptors (Lipinski definition) is 2. The van der Waals surface area contributed by atoms with Crippen LogP contribution in [0, 0.1) is 0 Å². The highest BCUT2D eigenvalue weighted by molar-refractivity contribution is 7.18. The van der Waals surface area contributed by atoms with E-state index in [4.69, 9.17) is 0 Å². The summed E-state index contributed by atoms with van der Waals surface area (Å²) in [4.78, 5) is 0. The Labute approximate surface area is 47.8 Å². The van der Waals surface area contributed by atoms with E-state index in [1.165, 1.54) is 0 Å². The van der Waals surface area contributed by atoms with Gasteiger partial charge in [0.05, 0.1) is 0 Å². The minimum absolute atomic E-state index is 0.417. The van der Waals surface area contributed by atoms with E-state index in [-0.39, 0.29) is 0 Å². The van der Waals surface area contributed by atoms with Crippen LogP contribution in [-0.4, -0.2) is 5.16 Å². The fourth-order valence-electron chi connectivity index (χ4n) is 0. The molecule has 0 radical (unpaired) electrons. The lowest BCUT2D eigenvalue weighted by Crippen LogP contribution is -2.02. The van der Waals surface area contributed by atoms with Crippen LogP contribution in [0.25, 0.3) is 0 Å². The van der Waals surface area contributed by atoms with Gasteiger partial charge in [-0.1, -0.05) is 20.8 Å². The molecule has 1 atom stereocenters. The Bertz CT molecular complexity index is 25.2. The molecule has 0 aromatic carbocycles. The van der Waals surface area contributed by atoms with Crippen LogP contribution < -0.4 is 11.7 Å². The standard InChI is InChI=1S/C4H11P.H4N2/c1-4(2,3)5;1-2/h5H2,1-3H3;1-2H2. The number of nitrogens with two attached hydrogens (primary N) is 2. The first-order valence-electron chi connectivity index (χ1n) is 2.12. The van der Waals surface area contributed by atoms with E-state index in [1.54, 1.807) is 0 Å². The van der Waals surface area contributed by atoms with Crippen molar-refractivity contribution in [1.29, 1.82) is 0 Å². The summed E-state index contributed by atoms with van der Waals surface area (Å²) in [6.45, 7) is 6.45. The molecule has 0 saturated carbocycles. The van der Waals surface area contributed by atoms with Crippen molar-refractivity contribution in [2.75, 3.05) is 0 Å². The Morgan fingerprint density at radius 2 is 1.14 bits per heavy atom. The predicted molar refractivity (Wildman–Crippen MR) is 37.8 cm³/mol. The summed E-state index contributed by atoms with van der Waals surface area (Å²) in [7, 11) is 2.72. The maximum Gasteiger partial charge on any atom is -0.0235 e. The molecule has 0 bridgehead atoms. The van der Waals surface area contributed by atoms with Crippen LogP contribution in [-0.2, 0) is 0 Å². The molecule has 4 N–H and O–H groups in total. The van der Waals surface area contributed by atoms with Gasteiger partial charge in [0, 0.05) is 0 Å². The van der Waals surface area contributed by atoms with Gasteiger partial charge < -0.3 is 0 Å². The predicted octanol–water partition coefficient (Wildman–Crippen LogP) is 0.479. The summed E-state index contributed by atoms with van der Waals surface area (Å²) < 4.78 is 0. The van der Waals surface area contributed by atoms with E-state index in [9.17, 15) is 0 Å². The quantitative estimate of drug-likeness (QED) is 0.279. The van der Waals surface area contributed by atoms with Crippen molar-refractivity contribution in [1.82, 2.24) is 0 Å². The maximum absolute atomic E-state index is 4.00. The fourth-order valence-corrected chi connectivity index (χ4v) is 0. The zero-order chi connectivity index (χ0) is 6.50. The Morgan fingerprint density at radius 1 is 1.14 bits per heavy atom. The molecule has 0 aromatic rings. The van der Waals surface area contributed by atoms with Gasteiger partial charge in [0.1, 0.15) is 0 Å². The normalized spacial score (nSPS) is 9.43. The van der Waals surface area contributed by atoms with Gasteiger partial charge in [0.25, 0.3) is 0 Å². The molecule has 3 heteroatoms. The third-order valence-corrected chi connectivity index (χ3v) is 0. The third-order valence-electron chi connectivity index (χ3n) is 0. The van der Waals surface area contributed by atoms with Crippen LogP contribution in [0.1, 0.15) is 20.8 Å². The van der Waals surface area contributed by atoms with Crippen molar-refractivity contribution in [3.05, 3.63) is 0 Å². The van der Waals surface area contributed by atoms with Crippen molar-refractivity contribution < 1.29 is 0 Å². The molecule has 1 unspecified atom stereocenters. The lowest BCUT2D eigenvalue weighted by molar-refractivity contribution is 0.804. The Morgan fingerprint density at radius 3 is 1.14 bits per heavy atom. The average Bonchev–Trinajstić information content (AvgIpc) is 1.36. The van der Waals surface area contributed by atoms with E-state index in [2.05, 4.69) is 41.7 Å². The summed E-state index contributed by atoms with van der Waals surface area (Å²) >= 11 is 0. The molecule has 0 aromatic heterocycles. The molecule has 2 nitrogen and oxygen atoms in total. The molecule has 0 fully saturated rings. The number of hydrogen-bond donors (Lipinski definition) is 2. The lowest BCUT2D eigenvalue weighted by atomic mass is 10.3. The molecular formula is C4H15N2P. The summed E-state index contributed by atoms with van der Waals surface area (Å²) in [5.41, 5.74) is 0. The van der Waals surface area contributed by atoms with Gasteiger partial charge in [0.15, 0.2) is 0 Å². The number of hydrazine groups is 1. The molecule has 0 rings (SSSR count). The van der Waals surface area contributed by atoms with E-state index in [0.717, 1.165) is 0 Å². The fraction of sp³-hybridized carbons (Fsp3) is 1.00. The Hall–Kier alpha value is 0.350. The average molecular weight is 122 g/mol. The molecule has 7 heavy (non-hydrogen) atoms. The van der Waals surface area contributed by atoms with Gasteiger partial charge in [-0.25, -0.2) is 0 Å². The van der Waals surface area contributed by atoms with Crippen molar-refractivity contribution in [3.63, 3.8) is 0 Å². The molecule has 46 valence electrons. The van der Waals surface area contributed by atoms with Gasteiger partial charge in [-0.05, 0) is 5.16 Å². The van der Waals surface area contributed by atoms with Crippen molar-refractivity contribution in [3.8, 4) is 0 Å². The highest BCUT2D eigenvalue weighted by atomic mass is 31.0. The first-order chi connectivity index (χ1) is 3.00. The minimum atomic E-state index is 0.417. The highest BCUT2D eigenvalue weighted by Gasteiger charge is 1.95. The van der Waals surface area contributed by atoms with E-state index < -0.39 is 0 Å². The Kier molecular flexibility index (Phi) is 6.67. The lowest BCUT2D eigenvalue weighted by Gasteiger charge is -2.05. The second-order valence-corrected chi connectivity index (χ2v) is 4.10. The molecule has 0 amide bonds. The SMILES string of the molecule is CC(C)(C)P.NN. The largest absolute Gasteiger partial charge is 0.274 e. The van der Waals surface area contributed by atoms with Crippen LogP contribution in [0.15, 0.2) is 0 Å². The molecule has 0 saturated heterocycles. The van der Waals surface area contributed by atoms with E-state index in [1.807, 2.05) is 0 Å². The first kappa shape index (κ1) is 10.4. The Balaban J connectivity index is 0. The van der Waals surface area contributed by atoms with Gasteiger partial charge in [0.2, 0.25) is 0 Å². The molecule has 0 heterocycles. The minimum Gasteiger partial charge on any atom is -0.274 e. The zero-order valence-electron chi connectivity index (χ0n) is 5.23. The van der Waals surface area contributed by atoms with Gasteiger partial charge in [-0.15, -0.1) is 9.24 Å².